The fourth-order valence-corrected chi connectivity index (χ4v) is 4.54. The van der Waals surface area contributed by atoms with Gasteiger partial charge in [-0.3, -0.25) is 0 Å². The molecule has 4 nitrogen and oxygen atoms in total. The van der Waals surface area contributed by atoms with Crippen molar-refractivity contribution in [1.82, 2.24) is 10.3 Å². The van der Waals surface area contributed by atoms with Crippen LogP contribution in [0, 0.1) is 0 Å². The molecule has 0 aliphatic rings. The predicted molar refractivity (Wildman–Crippen MR) is 109 cm³/mol. The third-order valence-electron chi connectivity index (χ3n) is 4.27. The lowest BCUT2D eigenvalue weighted by molar-refractivity contribution is 0.571. The number of fused-ring (bicyclic) bond motifs is 1. The summed E-state index contributed by atoms with van der Waals surface area (Å²) in [5.74, 6) is 0. The standard InChI is InChI=1S/C20H24N2O2S.ClH/c1-15(2)21-13-7-9-16-8-6-12-18-20(16)19(14-22-18)25(23,24)17-10-4-3-5-11-17;/h3-6,8,10-12,14-15,21-22H,7,9,13H2,1-2H3;1H. The van der Waals surface area contributed by atoms with Gasteiger partial charge < -0.3 is 10.3 Å². The summed E-state index contributed by atoms with van der Waals surface area (Å²) >= 11 is 0. The first-order chi connectivity index (χ1) is 12.0. The van der Waals surface area contributed by atoms with E-state index in [1.54, 1.807) is 30.5 Å². The molecule has 0 amide bonds. The van der Waals surface area contributed by atoms with E-state index in [4.69, 9.17) is 0 Å². The number of hydrogen-bond acceptors (Lipinski definition) is 3. The molecule has 26 heavy (non-hydrogen) atoms. The predicted octanol–water partition coefficient (Wildman–Crippen LogP) is 4.35. The fraction of sp³-hybridized carbons (Fsp3) is 0.300. The van der Waals surface area contributed by atoms with Crippen LogP contribution in [0.15, 0.2) is 64.5 Å². The van der Waals surface area contributed by atoms with Gasteiger partial charge in [-0.05, 0) is 43.1 Å². The Morgan fingerprint density at radius 1 is 1.04 bits per heavy atom. The van der Waals surface area contributed by atoms with Crippen molar-refractivity contribution < 1.29 is 8.42 Å². The van der Waals surface area contributed by atoms with Crippen molar-refractivity contribution in [2.45, 2.75) is 42.5 Å². The molecule has 0 atom stereocenters. The summed E-state index contributed by atoms with van der Waals surface area (Å²) in [5, 5.41) is 4.22. The van der Waals surface area contributed by atoms with Crippen LogP contribution in [-0.4, -0.2) is 26.0 Å². The number of aromatic amines is 1. The van der Waals surface area contributed by atoms with Crippen molar-refractivity contribution in [3.05, 3.63) is 60.3 Å². The van der Waals surface area contributed by atoms with Crippen molar-refractivity contribution >= 4 is 33.1 Å². The highest BCUT2D eigenvalue weighted by atomic mass is 35.5. The first kappa shape index (κ1) is 20.5. The first-order valence-electron chi connectivity index (χ1n) is 8.62. The zero-order valence-corrected chi connectivity index (χ0v) is 16.7. The molecule has 0 saturated carbocycles. The third-order valence-corrected chi connectivity index (χ3v) is 6.07. The number of hydrogen-bond donors (Lipinski definition) is 2. The number of aromatic nitrogens is 1. The molecule has 3 rings (SSSR count). The van der Waals surface area contributed by atoms with Crippen LogP contribution in [0.2, 0.25) is 0 Å². The quantitative estimate of drug-likeness (QED) is 0.587. The van der Waals surface area contributed by atoms with Crippen molar-refractivity contribution in [3.8, 4) is 0 Å². The fourth-order valence-electron chi connectivity index (χ4n) is 3.04. The average molecular weight is 393 g/mol. The highest BCUT2D eigenvalue weighted by Crippen LogP contribution is 2.31. The van der Waals surface area contributed by atoms with Gasteiger partial charge in [0.05, 0.1) is 9.79 Å². The van der Waals surface area contributed by atoms with E-state index < -0.39 is 9.84 Å². The molecule has 1 aromatic heterocycles. The van der Waals surface area contributed by atoms with Gasteiger partial charge in [0.2, 0.25) is 9.84 Å². The van der Waals surface area contributed by atoms with E-state index in [-0.39, 0.29) is 12.4 Å². The molecule has 0 radical (unpaired) electrons. The summed E-state index contributed by atoms with van der Waals surface area (Å²) in [7, 11) is -3.54. The van der Waals surface area contributed by atoms with E-state index in [0.29, 0.717) is 15.8 Å². The molecule has 1 heterocycles. The summed E-state index contributed by atoms with van der Waals surface area (Å²) in [6.07, 6.45) is 3.42. The van der Waals surface area contributed by atoms with E-state index in [1.165, 1.54) is 0 Å². The second-order valence-electron chi connectivity index (χ2n) is 6.52. The van der Waals surface area contributed by atoms with Crippen molar-refractivity contribution in [3.63, 3.8) is 0 Å². The highest BCUT2D eigenvalue weighted by molar-refractivity contribution is 7.91. The molecule has 2 N–H and O–H groups in total. The van der Waals surface area contributed by atoms with Crippen LogP contribution in [0.1, 0.15) is 25.8 Å². The Bertz CT molecular complexity index is 950. The molecule has 3 aromatic rings. The van der Waals surface area contributed by atoms with E-state index in [2.05, 4.69) is 24.1 Å². The maximum Gasteiger partial charge on any atom is 0.208 e. The van der Waals surface area contributed by atoms with Crippen LogP contribution in [0.5, 0.6) is 0 Å². The third kappa shape index (κ3) is 4.29. The number of rotatable bonds is 7. The average Bonchev–Trinajstić information content (AvgIpc) is 3.05. The number of nitrogens with one attached hydrogen (secondary N) is 2. The molecule has 0 unspecified atom stereocenters. The Labute approximate surface area is 161 Å². The largest absolute Gasteiger partial charge is 0.360 e. The lowest BCUT2D eigenvalue weighted by Crippen LogP contribution is -2.23. The minimum Gasteiger partial charge on any atom is -0.360 e. The Morgan fingerprint density at radius 2 is 1.77 bits per heavy atom. The topological polar surface area (TPSA) is 62.0 Å². The van der Waals surface area contributed by atoms with Gasteiger partial charge in [-0.2, -0.15) is 0 Å². The molecule has 6 heteroatoms. The minimum absolute atomic E-state index is 0. The first-order valence-corrected chi connectivity index (χ1v) is 10.1. The zero-order valence-electron chi connectivity index (χ0n) is 15.0. The normalized spacial score (nSPS) is 11.7. The molecular formula is C20H25ClN2O2S. The van der Waals surface area contributed by atoms with Gasteiger partial charge in [-0.25, -0.2) is 8.42 Å². The van der Waals surface area contributed by atoms with Crippen molar-refractivity contribution in [2.24, 2.45) is 0 Å². The van der Waals surface area contributed by atoms with Crippen LogP contribution >= 0.6 is 12.4 Å². The highest BCUT2D eigenvalue weighted by Gasteiger charge is 2.22. The van der Waals surface area contributed by atoms with Gasteiger partial charge in [0.1, 0.15) is 0 Å². The number of sulfone groups is 1. The number of halogens is 1. The number of H-pyrrole nitrogens is 1. The Morgan fingerprint density at radius 3 is 2.46 bits per heavy atom. The molecule has 2 aromatic carbocycles. The lowest BCUT2D eigenvalue weighted by Gasteiger charge is -2.10. The summed E-state index contributed by atoms with van der Waals surface area (Å²) < 4.78 is 26.1. The van der Waals surface area contributed by atoms with Crippen molar-refractivity contribution in [2.75, 3.05) is 6.54 Å². The smallest absolute Gasteiger partial charge is 0.208 e. The van der Waals surface area contributed by atoms with Crippen LogP contribution in [0.25, 0.3) is 10.9 Å². The molecule has 0 aliphatic carbocycles. The Hall–Kier alpha value is -1.82. The monoisotopic (exact) mass is 392 g/mol. The summed E-state index contributed by atoms with van der Waals surface area (Å²) in [5.41, 5.74) is 1.93. The molecule has 0 aliphatic heterocycles. The number of benzene rings is 2. The Kier molecular flexibility index (Phi) is 6.87. The van der Waals surface area contributed by atoms with Crippen molar-refractivity contribution in [1.29, 1.82) is 0 Å². The van der Waals surface area contributed by atoms with E-state index >= 15 is 0 Å². The molecule has 0 spiro atoms. The van der Waals surface area contributed by atoms with Gasteiger partial charge in [0, 0.05) is 23.1 Å². The van der Waals surface area contributed by atoms with Crippen LogP contribution < -0.4 is 5.32 Å². The van der Waals surface area contributed by atoms with E-state index in [9.17, 15) is 8.42 Å². The Balaban J connectivity index is 0.00000243. The van der Waals surface area contributed by atoms with Gasteiger partial charge in [0.25, 0.3) is 0 Å². The van der Waals surface area contributed by atoms with Gasteiger partial charge in [-0.1, -0.05) is 44.2 Å². The van der Waals surface area contributed by atoms with Gasteiger partial charge in [-0.15, -0.1) is 12.4 Å². The zero-order chi connectivity index (χ0) is 17.9. The molecule has 0 bridgehead atoms. The molecule has 140 valence electrons. The van der Waals surface area contributed by atoms with E-state index in [1.807, 2.05) is 24.3 Å². The van der Waals surface area contributed by atoms with Gasteiger partial charge >= 0.3 is 0 Å². The maximum atomic E-state index is 13.0. The van der Waals surface area contributed by atoms with Crippen LogP contribution in [0.3, 0.4) is 0 Å². The SMILES string of the molecule is CC(C)NCCCc1cccc2[nH]cc(S(=O)(=O)c3ccccc3)c12.Cl. The number of aryl methyl sites for hydroxylation is 1. The van der Waals surface area contributed by atoms with E-state index in [0.717, 1.165) is 35.9 Å². The summed E-state index contributed by atoms with van der Waals surface area (Å²) in [6, 6.07) is 15.0. The second kappa shape index (κ2) is 8.71. The van der Waals surface area contributed by atoms with Gasteiger partial charge in [0.15, 0.2) is 0 Å². The second-order valence-corrected chi connectivity index (χ2v) is 8.44. The van der Waals surface area contributed by atoms with Crippen LogP contribution in [-0.2, 0) is 16.3 Å². The molecule has 0 saturated heterocycles. The molecule has 0 fully saturated rings. The lowest BCUT2D eigenvalue weighted by atomic mass is 10.1. The maximum absolute atomic E-state index is 13.0. The summed E-state index contributed by atoms with van der Waals surface area (Å²) in [6.45, 7) is 5.16. The van der Waals surface area contributed by atoms with Crippen LogP contribution in [0.4, 0.5) is 0 Å². The summed E-state index contributed by atoms with van der Waals surface area (Å²) in [4.78, 5) is 3.81. The minimum atomic E-state index is -3.54. The molecular weight excluding hydrogens is 368 g/mol.